The number of aromatic nitrogens is 2. The van der Waals surface area contributed by atoms with Crippen molar-refractivity contribution >= 4 is 22.8 Å². The van der Waals surface area contributed by atoms with Gasteiger partial charge in [0.25, 0.3) is 0 Å². The third kappa shape index (κ3) is 2.44. The minimum atomic E-state index is -1.22. The van der Waals surface area contributed by atoms with Crippen molar-refractivity contribution in [2.45, 2.75) is 19.4 Å². The fraction of sp³-hybridized carbons (Fsp3) is 0.308. The molecular weight excluding hydrogens is 237 g/mol. The van der Waals surface area contributed by atoms with E-state index in [4.69, 9.17) is 0 Å². The van der Waals surface area contributed by atoms with E-state index >= 15 is 0 Å². The number of fused-ring (bicyclic) bond motifs is 1. The number of hydrogen-bond donors (Lipinski definition) is 0. The standard InChI is InChI=1S/C13H13N3O2.Li/c1-8-4-5-16(8)11-3-2-9-6-10(13(17)18)7-14-12(9)15-11;/h2-3,6-8H,4-5H2,1H3,(H,17,18);/q;+1/p-1. The summed E-state index contributed by atoms with van der Waals surface area (Å²) >= 11 is 0. The maximum Gasteiger partial charge on any atom is 1.00 e. The molecule has 0 spiro atoms. The van der Waals surface area contributed by atoms with Gasteiger partial charge in [-0.25, -0.2) is 9.97 Å². The summed E-state index contributed by atoms with van der Waals surface area (Å²) in [5.74, 6) is -0.320. The van der Waals surface area contributed by atoms with Gasteiger partial charge in [-0.1, -0.05) is 0 Å². The van der Waals surface area contributed by atoms with Crippen molar-refractivity contribution in [3.63, 3.8) is 0 Å². The Morgan fingerprint density at radius 1 is 1.47 bits per heavy atom. The third-order valence-electron chi connectivity index (χ3n) is 3.38. The molecule has 1 fully saturated rings. The van der Waals surface area contributed by atoms with Crippen LogP contribution < -0.4 is 28.9 Å². The molecule has 0 bridgehead atoms. The topological polar surface area (TPSA) is 69.2 Å². The second-order valence-electron chi connectivity index (χ2n) is 4.56. The number of carboxylic acids is 1. The van der Waals surface area contributed by atoms with Gasteiger partial charge in [0.05, 0.1) is 5.97 Å². The molecule has 0 aromatic carbocycles. The molecule has 3 heterocycles. The Bertz CT molecular complexity index is 632. The molecule has 0 aliphatic carbocycles. The molecule has 1 atom stereocenters. The number of pyridine rings is 2. The second-order valence-corrected chi connectivity index (χ2v) is 4.56. The van der Waals surface area contributed by atoms with E-state index in [0.29, 0.717) is 17.1 Å². The average Bonchev–Trinajstić information content (AvgIpc) is 2.36. The third-order valence-corrected chi connectivity index (χ3v) is 3.38. The molecule has 2 aromatic heterocycles. The van der Waals surface area contributed by atoms with Gasteiger partial charge in [-0.05, 0) is 31.5 Å². The summed E-state index contributed by atoms with van der Waals surface area (Å²) in [5, 5.41) is 11.5. The van der Waals surface area contributed by atoms with E-state index in [2.05, 4.69) is 21.8 Å². The predicted molar refractivity (Wildman–Crippen MR) is 65.3 cm³/mol. The van der Waals surface area contributed by atoms with Gasteiger partial charge in [0.1, 0.15) is 5.82 Å². The molecule has 0 amide bonds. The van der Waals surface area contributed by atoms with Crippen LogP contribution in [0.15, 0.2) is 24.4 Å². The van der Waals surface area contributed by atoms with E-state index < -0.39 is 5.97 Å². The molecule has 0 N–H and O–H groups in total. The van der Waals surface area contributed by atoms with Gasteiger partial charge in [0.2, 0.25) is 0 Å². The molecule has 3 rings (SSSR count). The van der Waals surface area contributed by atoms with Crippen molar-refractivity contribution in [2.75, 3.05) is 11.4 Å². The van der Waals surface area contributed by atoms with Crippen molar-refractivity contribution in [1.82, 2.24) is 9.97 Å². The van der Waals surface area contributed by atoms with Crippen molar-refractivity contribution in [3.05, 3.63) is 30.0 Å². The first-order valence-electron chi connectivity index (χ1n) is 5.90. The Morgan fingerprint density at radius 2 is 2.26 bits per heavy atom. The Hall–Kier alpha value is -1.57. The van der Waals surface area contributed by atoms with Crippen molar-refractivity contribution in [2.24, 2.45) is 0 Å². The van der Waals surface area contributed by atoms with Gasteiger partial charge in [0.15, 0.2) is 5.65 Å². The van der Waals surface area contributed by atoms with Gasteiger partial charge in [0, 0.05) is 29.7 Å². The first-order chi connectivity index (χ1) is 8.65. The number of carbonyl (C=O) groups is 1. The zero-order chi connectivity index (χ0) is 12.7. The molecule has 2 aromatic rings. The zero-order valence-corrected chi connectivity index (χ0v) is 11.0. The average molecular weight is 249 g/mol. The Morgan fingerprint density at radius 3 is 2.84 bits per heavy atom. The van der Waals surface area contributed by atoms with Crippen LogP contribution in [0.2, 0.25) is 0 Å². The van der Waals surface area contributed by atoms with Crippen LogP contribution in [-0.4, -0.2) is 28.5 Å². The van der Waals surface area contributed by atoms with E-state index in [1.165, 1.54) is 18.7 Å². The van der Waals surface area contributed by atoms with Crippen LogP contribution >= 0.6 is 0 Å². The van der Waals surface area contributed by atoms with E-state index in [-0.39, 0.29) is 24.4 Å². The Labute approximate surface area is 122 Å². The molecule has 1 aliphatic heterocycles. The number of carbonyl (C=O) groups excluding carboxylic acids is 1. The summed E-state index contributed by atoms with van der Waals surface area (Å²) in [6.45, 7) is 3.17. The number of rotatable bonds is 2. The van der Waals surface area contributed by atoms with E-state index in [9.17, 15) is 9.90 Å². The second kappa shape index (κ2) is 5.20. The molecule has 92 valence electrons. The molecule has 1 unspecified atom stereocenters. The summed E-state index contributed by atoms with van der Waals surface area (Å²) < 4.78 is 0. The van der Waals surface area contributed by atoms with Crippen molar-refractivity contribution in [3.8, 4) is 0 Å². The molecule has 1 saturated heterocycles. The summed E-state index contributed by atoms with van der Waals surface area (Å²) in [7, 11) is 0. The fourth-order valence-electron chi connectivity index (χ4n) is 2.13. The van der Waals surface area contributed by atoms with Gasteiger partial charge in [-0.3, -0.25) is 0 Å². The normalized spacial score (nSPS) is 17.7. The minimum absolute atomic E-state index is 0. The predicted octanol–water partition coefficient (Wildman–Crippen LogP) is -2.40. The van der Waals surface area contributed by atoms with Crippen molar-refractivity contribution < 1.29 is 28.8 Å². The number of hydrogen-bond acceptors (Lipinski definition) is 5. The van der Waals surface area contributed by atoms with E-state index in [0.717, 1.165) is 12.4 Å². The SMILES string of the molecule is CC1CCN1c1ccc2cc(C(=O)[O-])cnc2n1.[Li+]. The maximum absolute atomic E-state index is 10.7. The zero-order valence-electron chi connectivity index (χ0n) is 11.0. The quantitative estimate of drug-likeness (QED) is 0.555. The van der Waals surface area contributed by atoms with Gasteiger partial charge >= 0.3 is 18.9 Å². The molecule has 0 saturated carbocycles. The van der Waals surface area contributed by atoms with Crippen LogP contribution in [0.25, 0.3) is 11.0 Å². The Kier molecular flexibility index (Phi) is 3.79. The maximum atomic E-state index is 10.7. The molecule has 6 heteroatoms. The number of anilines is 1. The Balaban J connectivity index is 0.00000133. The van der Waals surface area contributed by atoms with Crippen LogP contribution in [0.4, 0.5) is 5.82 Å². The minimum Gasteiger partial charge on any atom is -0.545 e. The molecule has 19 heavy (non-hydrogen) atoms. The van der Waals surface area contributed by atoms with Gasteiger partial charge in [-0.2, -0.15) is 0 Å². The van der Waals surface area contributed by atoms with E-state index in [1.54, 1.807) is 0 Å². The molecule has 0 radical (unpaired) electrons. The fourth-order valence-corrected chi connectivity index (χ4v) is 2.13. The number of nitrogens with zero attached hydrogens (tertiary/aromatic N) is 3. The van der Waals surface area contributed by atoms with Gasteiger partial charge < -0.3 is 14.8 Å². The summed E-state index contributed by atoms with van der Waals surface area (Å²) in [4.78, 5) is 21.5. The summed E-state index contributed by atoms with van der Waals surface area (Å²) in [5.41, 5.74) is 0.644. The first kappa shape index (κ1) is 13.8. The van der Waals surface area contributed by atoms with Crippen LogP contribution in [0.1, 0.15) is 23.7 Å². The number of aromatic carboxylic acids is 1. The van der Waals surface area contributed by atoms with Crippen LogP contribution in [0.3, 0.4) is 0 Å². The first-order valence-corrected chi connectivity index (χ1v) is 5.90. The largest absolute Gasteiger partial charge is 1.00 e. The van der Waals surface area contributed by atoms with Crippen LogP contribution in [-0.2, 0) is 0 Å². The monoisotopic (exact) mass is 249 g/mol. The number of carboxylic acid groups (broad SMARTS) is 1. The van der Waals surface area contributed by atoms with Crippen LogP contribution in [0.5, 0.6) is 0 Å². The summed E-state index contributed by atoms with van der Waals surface area (Å²) in [6, 6.07) is 5.80. The molecule has 1 aliphatic rings. The summed E-state index contributed by atoms with van der Waals surface area (Å²) in [6.07, 6.45) is 2.46. The molecule has 5 nitrogen and oxygen atoms in total. The molecular formula is C13H12LiN3O2. The van der Waals surface area contributed by atoms with E-state index in [1.807, 2.05) is 12.1 Å². The van der Waals surface area contributed by atoms with Crippen LogP contribution in [0, 0.1) is 0 Å². The smallest absolute Gasteiger partial charge is 0.545 e. The van der Waals surface area contributed by atoms with Crippen molar-refractivity contribution in [1.29, 1.82) is 0 Å². The van der Waals surface area contributed by atoms with Gasteiger partial charge in [-0.15, -0.1) is 0 Å².